The van der Waals surface area contributed by atoms with Crippen molar-refractivity contribution in [2.24, 2.45) is 5.92 Å². The topological polar surface area (TPSA) is 123 Å². The second-order valence-corrected chi connectivity index (χ2v) is 9.50. The number of amides is 3. The van der Waals surface area contributed by atoms with Crippen molar-refractivity contribution in [1.82, 2.24) is 15.1 Å². The van der Waals surface area contributed by atoms with Gasteiger partial charge in [0.05, 0.1) is 5.92 Å². The molecule has 2 N–H and O–H groups in total. The molecule has 0 unspecified atom stereocenters. The van der Waals surface area contributed by atoms with Gasteiger partial charge in [0.2, 0.25) is 22.7 Å². The van der Waals surface area contributed by atoms with E-state index in [1.54, 1.807) is 23.1 Å². The Kier molecular flexibility index (Phi) is 6.81. The number of fused-ring (bicyclic) bond motifs is 1. The Morgan fingerprint density at radius 2 is 1.86 bits per heavy atom. The van der Waals surface area contributed by atoms with Gasteiger partial charge in [0, 0.05) is 30.5 Å². The maximum atomic E-state index is 13.1. The Hall–Kier alpha value is -3.99. The molecule has 1 aromatic heterocycles. The van der Waals surface area contributed by atoms with Crippen LogP contribution in [-0.4, -0.2) is 52.7 Å². The van der Waals surface area contributed by atoms with Crippen LogP contribution in [-0.2, 0) is 11.2 Å². The van der Waals surface area contributed by atoms with E-state index in [2.05, 4.69) is 20.8 Å². The lowest BCUT2D eigenvalue weighted by Crippen LogP contribution is -2.43. The first-order chi connectivity index (χ1) is 17.5. The number of hydrogen-bond acceptors (Lipinski definition) is 8. The van der Waals surface area contributed by atoms with E-state index in [9.17, 15) is 14.4 Å². The van der Waals surface area contributed by atoms with Crippen molar-refractivity contribution in [3.05, 3.63) is 58.0 Å². The molecule has 2 aliphatic heterocycles. The minimum atomic E-state index is -0.476. The highest BCUT2D eigenvalue weighted by Gasteiger charge is 2.31. The lowest BCUT2D eigenvalue weighted by Gasteiger charge is -2.31. The molecule has 0 spiro atoms. The van der Waals surface area contributed by atoms with Crippen molar-refractivity contribution >= 4 is 40.4 Å². The summed E-state index contributed by atoms with van der Waals surface area (Å²) < 4.78 is 10.6. The van der Waals surface area contributed by atoms with Crippen LogP contribution in [0, 0.1) is 5.92 Å². The molecule has 1 atom stereocenters. The molecule has 10 nitrogen and oxygen atoms in total. The van der Waals surface area contributed by atoms with E-state index in [1.807, 2.05) is 31.2 Å². The number of nitrogens with one attached hydrogen (secondary N) is 2. The summed E-state index contributed by atoms with van der Waals surface area (Å²) in [5.74, 6) is -0.0801. The van der Waals surface area contributed by atoms with Gasteiger partial charge in [0.1, 0.15) is 0 Å². The minimum absolute atomic E-state index is 0.0680. The number of benzene rings is 2. The molecule has 36 heavy (non-hydrogen) atoms. The van der Waals surface area contributed by atoms with Gasteiger partial charge in [-0.3, -0.25) is 14.4 Å². The smallest absolute Gasteiger partial charge is 0.286 e. The number of aryl methyl sites for hydroxylation is 1. The fourth-order valence-electron chi connectivity index (χ4n) is 4.26. The van der Waals surface area contributed by atoms with Gasteiger partial charge < -0.3 is 25.0 Å². The molecule has 5 rings (SSSR count). The molecule has 3 heterocycles. The standard InChI is InChI=1S/C25H25N5O5S/c1-2-15-6-3-4-8-18(15)27-21(31)16-7-5-11-30(13-16)25(33)24-29-28-23(36-24)22(32)26-17-9-10-19-20(12-17)35-14-34-19/h3-4,6,8-10,12,16H,2,5,7,11,13-14H2,1H3,(H,26,32)(H,27,31)/t16-/m1/s1. The number of rotatable bonds is 6. The van der Waals surface area contributed by atoms with Gasteiger partial charge >= 0.3 is 0 Å². The average molecular weight is 508 g/mol. The number of aromatic nitrogens is 2. The predicted molar refractivity (Wildman–Crippen MR) is 134 cm³/mol. The molecule has 0 aliphatic carbocycles. The van der Waals surface area contributed by atoms with E-state index >= 15 is 0 Å². The maximum absolute atomic E-state index is 13.1. The molecule has 0 saturated carbocycles. The largest absolute Gasteiger partial charge is 0.454 e. The summed E-state index contributed by atoms with van der Waals surface area (Å²) in [6.45, 7) is 2.99. The predicted octanol–water partition coefficient (Wildman–Crippen LogP) is 3.57. The third kappa shape index (κ3) is 5.01. The molecule has 3 amide bonds. The summed E-state index contributed by atoms with van der Waals surface area (Å²) in [5.41, 5.74) is 2.38. The monoisotopic (exact) mass is 507 g/mol. The Morgan fingerprint density at radius 1 is 1.06 bits per heavy atom. The number of likely N-dealkylation sites (tertiary alicyclic amines) is 1. The number of carbonyl (C=O) groups excluding carboxylic acids is 3. The summed E-state index contributed by atoms with van der Waals surface area (Å²) in [6.07, 6.45) is 2.21. The van der Waals surface area contributed by atoms with Gasteiger partial charge in [-0.1, -0.05) is 36.5 Å². The lowest BCUT2D eigenvalue weighted by molar-refractivity contribution is -0.121. The number of para-hydroxylation sites is 1. The molecule has 186 valence electrons. The van der Waals surface area contributed by atoms with Crippen LogP contribution in [0.5, 0.6) is 11.5 Å². The van der Waals surface area contributed by atoms with Gasteiger partial charge in [-0.05, 0) is 43.0 Å². The van der Waals surface area contributed by atoms with E-state index in [4.69, 9.17) is 9.47 Å². The molecule has 0 bridgehead atoms. The van der Waals surface area contributed by atoms with Gasteiger partial charge in [-0.2, -0.15) is 0 Å². The van der Waals surface area contributed by atoms with Crippen molar-refractivity contribution in [3.8, 4) is 11.5 Å². The quantitative estimate of drug-likeness (QED) is 0.523. The fraction of sp³-hybridized carbons (Fsp3) is 0.320. The molecule has 1 saturated heterocycles. The number of carbonyl (C=O) groups is 3. The van der Waals surface area contributed by atoms with E-state index < -0.39 is 5.91 Å². The first kappa shape index (κ1) is 23.7. The highest BCUT2D eigenvalue weighted by molar-refractivity contribution is 7.15. The maximum Gasteiger partial charge on any atom is 0.286 e. The Labute approximate surface area is 211 Å². The number of piperidine rings is 1. The number of ether oxygens (including phenoxy) is 2. The van der Waals surface area contributed by atoms with Crippen LogP contribution in [0.1, 0.15) is 44.9 Å². The summed E-state index contributed by atoms with van der Waals surface area (Å²) in [5, 5.41) is 13.8. The van der Waals surface area contributed by atoms with Gasteiger partial charge in [-0.15, -0.1) is 10.2 Å². The van der Waals surface area contributed by atoms with Crippen LogP contribution in [0.2, 0.25) is 0 Å². The molecule has 3 aromatic rings. The summed E-state index contributed by atoms with van der Waals surface area (Å²) in [6, 6.07) is 12.8. The van der Waals surface area contributed by atoms with E-state index in [-0.39, 0.29) is 41.1 Å². The molecule has 1 fully saturated rings. The fourth-order valence-corrected chi connectivity index (χ4v) is 4.96. The van der Waals surface area contributed by atoms with Crippen LogP contribution < -0.4 is 20.1 Å². The van der Waals surface area contributed by atoms with Crippen LogP contribution in [0.3, 0.4) is 0 Å². The number of hydrogen-bond donors (Lipinski definition) is 2. The summed E-state index contributed by atoms with van der Waals surface area (Å²) in [7, 11) is 0. The second kappa shape index (κ2) is 10.3. The molecule has 11 heteroatoms. The van der Waals surface area contributed by atoms with Crippen LogP contribution >= 0.6 is 11.3 Å². The van der Waals surface area contributed by atoms with Crippen LogP contribution in [0.15, 0.2) is 42.5 Å². The van der Waals surface area contributed by atoms with E-state index in [0.29, 0.717) is 36.6 Å². The van der Waals surface area contributed by atoms with Crippen molar-refractivity contribution in [3.63, 3.8) is 0 Å². The number of anilines is 2. The third-order valence-corrected chi connectivity index (χ3v) is 7.08. The normalized spacial score (nSPS) is 16.5. The molecular formula is C25H25N5O5S. The molecule has 2 aliphatic rings. The van der Waals surface area contributed by atoms with Gasteiger partial charge in [0.25, 0.3) is 11.8 Å². The highest BCUT2D eigenvalue weighted by atomic mass is 32.1. The first-order valence-electron chi connectivity index (χ1n) is 11.7. The Balaban J connectivity index is 1.21. The third-order valence-electron chi connectivity index (χ3n) is 6.17. The zero-order valence-corrected chi connectivity index (χ0v) is 20.5. The van der Waals surface area contributed by atoms with Crippen molar-refractivity contribution < 1.29 is 23.9 Å². The molecular weight excluding hydrogens is 482 g/mol. The molecule has 2 aromatic carbocycles. The lowest BCUT2D eigenvalue weighted by atomic mass is 9.96. The van der Waals surface area contributed by atoms with Gasteiger partial charge in [-0.25, -0.2) is 0 Å². The van der Waals surface area contributed by atoms with Crippen LogP contribution in [0.4, 0.5) is 11.4 Å². The van der Waals surface area contributed by atoms with E-state index in [0.717, 1.165) is 29.0 Å². The van der Waals surface area contributed by atoms with Crippen molar-refractivity contribution in [2.75, 3.05) is 30.5 Å². The van der Waals surface area contributed by atoms with Crippen LogP contribution in [0.25, 0.3) is 0 Å². The van der Waals surface area contributed by atoms with Gasteiger partial charge in [0.15, 0.2) is 11.5 Å². The summed E-state index contributed by atoms with van der Waals surface area (Å²) >= 11 is 0.923. The molecule has 0 radical (unpaired) electrons. The van der Waals surface area contributed by atoms with E-state index in [1.165, 1.54) is 0 Å². The zero-order valence-electron chi connectivity index (χ0n) is 19.7. The Morgan fingerprint density at radius 3 is 2.72 bits per heavy atom. The Bertz CT molecular complexity index is 1310. The highest BCUT2D eigenvalue weighted by Crippen LogP contribution is 2.34. The SMILES string of the molecule is CCc1ccccc1NC(=O)[C@@H]1CCCN(C(=O)c2nnc(C(=O)Nc3ccc4c(c3)OCO4)s2)C1. The van der Waals surface area contributed by atoms with Crippen molar-refractivity contribution in [2.45, 2.75) is 26.2 Å². The zero-order chi connectivity index (χ0) is 25.1. The summed E-state index contributed by atoms with van der Waals surface area (Å²) in [4.78, 5) is 40.3. The minimum Gasteiger partial charge on any atom is -0.454 e. The average Bonchev–Trinajstić information content (AvgIpc) is 3.58. The number of nitrogens with zero attached hydrogens (tertiary/aromatic N) is 3. The van der Waals surface area contributed by atoms with Crippen molar-refractivity contribution in [1.29, 1.82) is 0 Å². The first-order valence-corrected chi connectivity index (χ1v) is 12.6. The second-order valence-electron chi connectivity index (χ2n) is 8.52.